The van der Waals surface area contributed by atoms with Crippen LogP contribution in [0.25, 0.3) is 0 Å². The summed E-state index contributed by atoms with van der Waals surface area (Å²) in [6, 6.07) is 0. The van der Waals surface area contributed by atoms with Crippen LogP contribution >= 0.6 is 0 Å². The highest BCUT2D eigenvalue weighted by Crippen LogP contribution is 1.93. The number of aromatic amines is 1. The van der Waals surface area contributed by atoms with Crippen LogP contribution in [0.2, 0.25) is 0 Å². The van der Waals surface area contributed by atoms with Crippen LogP contribution in [0.15, 0.2) is 6.33 Å². The largest absolute Gasteiger partial charge is 0.316 e. The van der Waals surface area contributed by atoms with Crippen LogP contribution in [0.3, 0.4) is 0 Å². The van der Waals surface area contributed by atoms with Crippen molar-refractivity contribution >= 4 is 10.0 Å². The molecule has 1 aromatic rings. The first kappa shape index (κ1) is 15.1. The van der Waals surface area contributed by atoms with Gasteiger partial charge in [0.15, 0.2) is 0 Å². The minimum absolute atomic E-state index is 0.120. The first-order valence-corrected chi connectivity index (χ1v) is 7.81. The molecule has 0 aliphatic heterocycles. The van der Waals surface area contributed by atoms with Gasteiger partial charge in [0.05, 0.1) is 5.75 Å². The molecule has 0 saturated heterocycles. The Kier molecular flexibility index (Phi) is 6.84. The van der Waals surface area contributed by atoms with Gasteiger partial charge in [-0.15, -0.1) is 0 Å². The molecule has 7 nitrogen and oxygen atoms in total. The predicted molar refractivity (Wildman–Crippen MR) is 69.7 cm³/mol. The van der Waals surface area contributed by atoms with Crippen LogP contribution in [-0.2, 0) is 16.4 Å². The molecule has 0 fully saturated rings. The van der Waals surface area contributed by atoms with Gasteiger partial charge in [-0.05, 0) is 19.4 Å². The Morgan fingerprint density at radius 1 is 1.33 bits per heavy atom. The molecule has 8 heteroatoms. The summed E-state index contributed by atoms with van der Waals surface area (Å²) in [5, 5.41) is 9.52. The normalized spacial score (nSPS) is 11.8. The van der Waals surface area contributed by atoms with Crippen molar-refractivity contribution in [2.24, 2.45) is 0 Å². The molecule has 18 heavy (non-hydrogen) atoms. The highest BCUT2D eigenvalue weighted by atomic mass is 32.2. The minimum Gasteiger partial charge on any atom is -0.316 e. The monoisotopic (exact) mass is 275 g/mol. The van der Waals surface area contributed by atoms with Crippen molar-refractivity contribution < 1.29 is 8.42 Å². The number of rotatable bonds is 10. The highest BCUT2D eigenvalue weighted by Gasteiger charge is 2.08. The zero-order valence-corrected chi connectivity index (χ0v) is 11.5. The standard InChI is InChI=1S/C10H21N5O2S/c1-2-5-11-7-8-18(16,17)14-6-3-4-10-12-9-13-15-10/h9,11,14H,2-8H2,1H3,(H,12,13,15). The van der Waals surface area contributed by atoms with Gasteiger partial charge in [-0.25, -0.2) is 18.1 Å². The average Bonchev–Trinajstić information content (AvgIpc) is 2.83. The van der Waals surface area contributed by atoms with E-state index in [0.29, 0.717) is 25.9 Å². The molecule has 0 aliphatic carbocycles. The van der Waals surface area contributed by atoms with E-state index >= 15 is 0 Å². The third-order valence-corrected chi connectivity index (χ3v) is 3.74. The number of sulfonamides is 1. The van der Waals surface area contributed by atoms with E-state index in [2.05, 4.69) is 25.2 Å². The number of H-pyrrole nitrogens is 1. The fourth-order valence-corrected chi connectivity index (χ4v) is 2.43. The second-order valence-electron chi connectivity index (χ2n) is 4.00. The molecule has 0 atom stereocenters. The lowest BCUT2D eigenvalue weighted by atomic mass is 10.3. The zero-order chi connectivity index (χ0) is 13.3. The molecule has 0 spiro atoms. The van der Waals surface area contributed by atoms with Crippen molar-refractivity contribution in [3.63, 3.8) is 0 Å². The van der Waals surface area contributed by atoms with E-state index in [4.69, 9.17) is 0 Å². The third kappa shape index (κ3) is 6.67. The lowest BCUT2D eigenvalue weighted by Crippen LogP contribution is -2.32. The van der Waals surface area contributed by atoms with E-state index < -0.39 is 10.0 Å². The Hall–Kier alpha value is -0.990. The van der Waals surface area contributed by atoms with Crippen molar-refractivity contribution in [1.29, 1.82) is 0 Å². The summed E-state index contributed by atoms with van der Waals surface area (Å²) in [6.45, 7) is 3.81. The average molecular weight is 275 g/mol. The fourth-order valence-electron chi connectivity index (χ4n) is 1.42. The summed E-state index contributed by atoms with van der Waals surface area (Å²) in [4.78, 5) is 3.97. The predicted octanol–water partition coefficient (Wildman–Crippen LogP) is -0.344. The maximum atomic E-state index is 11.6. The summed E-state index contributed by atoms with van der Waals surface area (Å²) < 4.78 is 25.7. The first-order chi connectivity index (χ1) is 8.64. The number of hydrogen-bond donors (Lipinski definition) is 3. The van der Waals surface area contributed by atoms with Gasteiger partial charge >= 0.3 is 0 Å². The van der Waals surface area contributed by atoms with E-state index in [1.807, 2.05) is 6.92 Å². The summed E-state index contributed by atoms with van der Waals surface area (Å²) in [5.41, 5.74) is 0. The molecule has 0 aromatic carbocycles. The van der Waals surface area contributed by atoms with Gasteiger partial charge in [0.1, 0.15) is 12.2 Å². The van der Waals surface area contributed by atoms with Gasteiger partial charge in [-0.1, -0.05) is 6.92 Å². The lowest BCUT2D eigenvalue weighted by Gasteiger charge is -2.06. The Morgan fingerprint density at radius 3 is 2.83 bits per heavy atom. The van der Waals surface area contributed by atoms with E-state index in [9.17, 15) is 8.42 Å². The molecule has 0 radical (unpaired) electrons. The summed E-state index contributed by atoms with van der Waals surface area (Å²) in [7, 11) is -3.16. The summed E-state index contributed by atoms with van der Waals surface area (Å²) in [6.07, 6.45) is 3.84. The number of nitrogens with zero attached hydrogens (tertiary/aromatic N) is 2. The van der Waals surface area contributed by atoms with Crippen molar-refractivity contribution in [2.75, 3.05) is 25.4 Å². The maximum absolute atomic E-state index is 11.6. The first-order valence-electron chi connectivity index (χ1n) is 6.16. The van der Waals surface area contributed by atoms with E-state index in [1.54, 1.807) is 0 Å². The second-order valence-corrected chi connectivity index (χ2v) is 5.93. The second kappa shape index (κ2) is 8.17. The van der Waals surface area contributed by atoms with Crippen molar-refractivity contribution in [2.45, 2.75) is 26.2 Å². The smallest absolute Gasteiger partial charge is 0.212 e. The highest BCUT2D eigenvalue weighted by molar-refractivity contribution is 7.89. The molecular weight excluding hydrogens is 254 g/mol. The summed E-state index contributed by atoms with van der Waals surface area (Å²) in [5.74, 6) is 0.897. The quantitative estimate of drug-likeness (QED) is 0.507. The Balaban J connectivity index is 2.09. The van der Waals surface area contributed by atoms with Crippen LogP contribution in [0.5, 0.6) is 0 Å². The molecule has 0 saturated carbocycles. The van der Waals surface area contributed by atoms with E-state index in [1.165, 1.54) is 6.33 Å². The molecule has 0 unspecified atom stereocenters. The van der Waals surface area contributed by atoms with Gasteiger partial charge in [-0.2, -0.15) is 5.10 Å². The number of aryl methyl sites for hydroxylation is 1. The van der Waals surface area contributed by atoms with Crippen LogP contribution in [0.4, 0.5) is 0 Å². The topological polar surface area (TPSA) is 99.8 Å². The maximum Gasteiger partial charge on any atom is 0.212 e. The molecule has 1 heterocycles. The third-order valence-electron chi connectivity index (χ3n) is 2.35. The summed E-state index contributed by atoms with van der Waals surface area (Å²) >= 11 is 0. The Labute approximate surface area is 108 Å². The molecule has 0 aliphatic rings. The van der Waals surface area contributed by atoms with Gasteiger partial charge in [0.2, 0.25) is 10.0 Å². The van der Waals surface area contributed by atoms with E-state index in [0.717, 1.165) is 18.8 Å². The van der Waals surface area contributed by atoms with Crippen molar-refractivity contribution in [3.05, 3.63) is 12.2 Å². The van der Waals surface area contributed by atoms with Crippen LogP contribution < -0.4 is 10.0 Å². The number of aromatic nitrogens is 3. The molecule has 104 valence electrons. The molecule has 1 rings (SSSR count). The molecule has 0 amide bonds. The lowest BCUT2D eigenvalue weighted by molar-refractivity contribution is 0.573. The Morgan fingerprint density at radius 2 is 2.17 bits per heavy atom. The van der Waals surface area contributed by atoms with Crippen molar-refractivity contribution in [1.82, 2.24) is 25.2 Å². The van der Waals surface area contributed by atoms with Gasteiger partial charge < -0.3 is 5.32 Å². The fraction of sp³-hybridized carbons (Fsp3) is 0.800. The Bertz CT molecular complexity index is 404. The van der Waals surface area contributed by atoms with Crippen molar-refractivity contribution in [3.8, 4) is 0 Å². The number of hydrogen-bond acceptors (Lipinski definition) is 5. The SMILES string of the molecule is CCCNCCS(=O)(=O)NCCCc1ncn[nH]1. The van der Waals surface area contributed by atoms with Gasteiger partial charge in [0.25, 0.3) is 0 Å². The minimum atomic E-state index is -3.16. The molecular formula is C10H21N5O2S. The molecule has 1 aromatic heterocycles. The van der Waals surface area contributed by atoms with E-state index in [-0.39, 0.29) is 5.75 Å². The number of nitrogens with one attached hydrogen (secondary N) is 3. The zero-order valence-electron chi connectivity index (χ0n) is 10.6. The van der Waals surface area contributed by atoms with Crippen LogP contribution in [0, 0.1) is 0 Å². The van der Waals surface area contributed by atoms with Crippen LogP contribution in [-0.4, -0.2) is 49.0 Å². The molecule has 0 bridgehead atoms. The van der Waals surface area contributed by atoms with Gasteiger partial charge in [-0.3, -0.25) is 5.10 Å². The molecule has 3 N–H and O–H groups in total. The van der Waals surface area contributed by atoms with Gasteiger partial charge in [0, 0.05) is 19.5 Å². The van der Waals surface area contributed by atoms with Crippen LogP contribution in [0.1, 0.15) is 25.6 Å².